The van der Waals surface area contributed by atoms with Gasteiger partial charge in [0.1, 0.15) is 17.4 Å². The second-order valence-electron chi connectivity index (χ2n) is 5.03. The van der Waals surface area contributed by atoms with E-state index in [9.17, 15) is 4.39 Å². The van der Waals surface area contributed by atoms with Gasteiger partial charge in [-0.25, -0.2) is 4.39 Å². The summed E-state index contributed by atoms with van der Waals surface area (Å²) in [6, 6.07) is 7.42. The van der Waals surface area contributed by atoms with Crippen LogP contribution >= 0.6 is 0 Å². The first kappa shape index (κ1) is 13.8. The van der Waals surface area contributed by atoms with Crippen molar-refractivity contribution in [3.05, 3.63) is 29.6 Å². The van der Waals surface area contributed by atoms with Crippen LogP contribution in [0.1, 0.15) is 25.8 Å². The number of hydrogen-bond acceptors (Lipinski definition) is 3. The van der Waals surface area contributed by atoms with E-state index in [2.05, 4.69) is 23.6 Å². The van der Waals surface area contributed by atoms with E-state index in [4.69, 9.17) is 5.26 Å². The molecular weight excluding hydrogens is 241 g/mol. The predicted molar refractivity (Wildman–Crippen MR) is 74.7 cm³/mol. The first-order valence-electron chi connectivity index (χ1n) is 6.85. The maximum Gasteiger partial charge on any atom is 0.143 e. The summed E-state index contributed by atoms with van der Waals surface area (Å²) in [4.78, 5) is 4.56. The third-order valence-electron chi connectivity index (χ3n) is 3.97. The van der Waals surface area contributed by atoms with Crippen molar-refractivity contribution in [3.63, 3.8) is 0 Å². The van der Waals surface area contributed by atoms with Gasteiger partial charge >= 0.3 is 0 Å². The molecule has 0 N–H and O–H groups in total. The summed E-state index contributed by atoms with van der Waals surface area (Å²) < 4.78 is 13.6. The van der Waals surface area contributed by atoms with Crippen molar-refractivity contribution < 1.29 is 4.39 Å². The lowest BCUT2D eigenvalue weighted by Gasteiger charge is -2.39. The molecule has 19 heavy (non-hydrogen) atoms. The Labute approximate surface area is 114 Å². The number of nitrogens with zero attached hydrogens (tertiary/aromatic N) is 3. The fourth-order valence-corrected chi connectivity index (χ4v) is 2.55. The van der Waals surface area contributed by atoms with Crippen molar-refractivity contribution >= 4 is 5.69 Å². The Hall–Kier alpha value is -1.60. The molecule has 1 heterocycles. The van der Waals surface area contributed by atoms with Gasteiger partial charge in [-0.15, -0.1) is 0 Å². The van der Waals surface area contributed by atoms with Gasteiger partial charge in [-0.3, -0.25) is 4.90 Å². The molecule has 0 spiro atoms. The first-order valence-corrected chi connectivity index (χ1v) is 6.85. The number of hydrogen-bond donors (Lipinski definition) is 0. The fourth-order valence-electron chi connectivity index (χ4n) is 2.55. The zero-order chi connectivity index (χ0) is 13.8. The monoisotopic (exact) mass is 261 g/mol. The van der Waals surface area contributed by atoms with Gasteiger partial charge in [0.05, 0.1) is 5.69 Å². The molecule has 3 nitrogen and oxygen atoms in total. The molecule has 1 unspecified atom stereocenters. The van der Waals surface area contributed by atoms with Crippen LogP contribution < -0.4 is 4.90 Å². The van der Waals surface area contributed by atoms with Crippen LogP contribution in [0.15, 0.2) is 18.2 Å². The number of piperazine rings is 1. The zero-order valence-corrected chi connectivity index (χ0v) is 11.6. The summed E-state index contributed by atoms with van der Waals surface area (Å²) in [5, 5.41) is 9.08. The molecule has 1 fully saturated rings. The summed E-state index contributed by atoms with van der Waals surface area (Å²) in [6.45, 7) is 8.06. The third kappa shape index (κ3) is 2.87. The Morgan fingerprint density at radius 2 is 2.00 bits per heavy atom. The molecule has 1 aromatic carbocycles. The highest BCUT2D eigenvalue weighted by Crippen LogP contribution is 2.24. The van der Waals surface area contributed by atoms with Crippen LogP contribution in [0, 0.1) is 17.1 Å². The third-order valence-corrected chi connectivity index (χ3v) is 3.97. The van der Waals surface area contributed by atoms with E-state index in [-0.39, 0.29) is 5.56 Å². The normalized spacial score (nSPS) is 18.1. The van der Waals surface area contributed by atoms with Crippen molar-refractivity contribution in [3.8, 4) is 6.07 Å². The smallest absolute Gasteiger partial charge is 0.143 e. The fraction of sp³-hybridized carbons (Fsp3) is 0.533. The number of nitriles is 1. The van der Waals surface area contributed by atoms with Gasteiger partial charge in [-0.2, -0.15) is 5.26 Å². The molecule has 0 saturated carbocycles. The number of benzene rings is 1. The van der Waals surface area contributed by atoms with E-state index in [0.717, 1.165) is 38.3 Å². The molecule has 1 aliphatic rings. The molecule has 2 rings (SSSR count). The lowest BCUT2D eigenvalue weighted by molar-refractivity contribution is 0.193. The molecule has 1 aromatic rings. The maximum absolute atomic E-state index is 13.6. The van der Waals surface area contributed by atoms with E-state index in [1.165, 1.54) is 6.07 Å². The van der Waals surface area contributed by atoms with E-state index in [1.54, 1.807) is 6.07 Å². The molecule has 0 aliphatic carbocycles. The maximum atomic E-state index is 13.6. The quantitative estimate of drug-likeness (QED) is 0.838. The van der Waals surface area contributed by atoms with E-state index in [0.29, 0.717) is 6.04 Å². The number of anilines is 1. The molecule has 1 saturated heterocycles. The van der Waals surface area contributed by atoms with Gasteiger partial charge < -0.3 is 4.90 Å². The van der Waals surface area contributed by atoms with Gasteiger partial charge in [0, 0.05) is 32.2 Å². The average molecular weight is 261 g/mol. The van der Waals surface area contributed by atoms with Gasteiger partial charge in [0.15, 0.2) is 0 Å². The highest BCUT2D eigenvalue weighted by atomic mass is 19.1. The molecule has 0 bridgehead atoms. The molecule has 0 radical (unpaired) electrons. The van der Waals surface area contributed by atoms with Crippen molar-refractivity contribution in [2.45, 2.75) is 26.3 Å². The van der Waals surface area contributed by atoms with Crippen molar-refractivity contribution in [1.82, 2.24) is 4.90 Å². The van der Waals surface area contributed by atoms with Crippen LogP contribution in [0.4, 0.5) is 10.1 Å². The molecule has 0 amide bonds. The zero-order valence-electron chi connectivity index (χ0n) is 11.6. The lowest BCUT2D eigenvalue weighted by atomic mass is 10.1. The van der Waals surface area contributed by atoms with E-state index >= 15 is 0 Å². The Morgan fingerprint density at radius 1 is 1.32 bits per heavy atom. The van der Waals surface area contributed by atoms with Crippen LogP contribution in [0.2, 0.25) is 0 Å². The van der Waals surface area contributed by atoms with Crippen LogP contribution in [-0.2, 0) is 0 Å². The summed E-state index contributed by atoms with van der Waals surface area (Å²) >= 11 is 0. The first-order chi connectivity index (χ1) is 9.17. The number of halogens is 1. The van der Waals surface area contributed by atoms with Crippen molar-refractivity contribution in [2.75, 3.05) is 31.1 Å². The topological polar surface area (TPSA) is 30.3 Å². The SMILES string of the molecule is CCC(C)N1CCN(c2cccc(F)c2C#N)CC1. The molecule has 4 heteroatoms. The van der Waals surface area contributed by atoms with Crippen molar-refractivity contribution in [2.24, 2.45) is 0 Å². The second-order valence-corrected chi connectivity index (χ2v) is 5.03. The largest absolute Gasteiger partial charge is 0.368 e. The molecular formula is C15H20FN3. The minimum Gasteiger partial charge on any atom is -0.368 e. The van der Waals surface area contributed by atoms with Gasteiger partial charge in [-0.05, 0) is 25.5 Å². The van der Waals surface area contributed by atoms with Gasteiger partial charge in [0.2, 0.25) is 0 Å². The van der Waals surface area contributed by atoms with Gasteiger partial charge in [0.25, 0.3) is 0 Å². The van der Waals surface area contributed by atoms with Crippen molar-refractivity contribution in [1.29, 1.82) is 5.26 Å². The summed E-state index contributed by atoms with van der Waals surface area (Å²) in [7, 11) is 0. The van der Waals surface area contributed by atoms with Crippen LogP contribution in [-0.4, -0.2) is 37.1 Å². The summed E-state index contributed by atoms with van der Waals surface area (Å²) in [5.41, 5.74) is 0.894. The highest BCUT2D eigenvalue weighted by Gasteiger charge is 2.22. The van der Waals surface area contributed by atoms with E-state index < -0.39 is 5.82 Å². The summed E-state index contributed by atoms with van der Waals surface area (Å²) in [6.07, 6.45) is 1.14. The van der Waals surface area contributed by atoms with E-state index in [1.807, 2.05) is 12.1 Å². The lowest BCUT2D eigenvalue weighted by Crippen LogP contribution is -2.49. The average Bonchev–Trinajstić information content (AvgIpc) is 2.46. The number of rotatable bonds is 3. The highest BCUT2D eigenvalue weighted by molar-refractivity contribution is 5.60. The molecule has 1 aliphatic heterocycles. The molecule has 102 valence electrons. The minimum atomic E-state index is -0.427. The Kier molecular flexibility index (Phi) is 4.39. The Balaban J connectivity index is 2.10. The van der Waals surface area contributed by atoms with Crippen LogP contribution in [0.5, 0.6) is 0 Å². The molecule has 0 aromatic heterocycles. The minimum absolute atomic E-state index is 0.166. The Bertz CT molecular complexity index is 473. The Morgan fingerprint density at radius 3 is 2.58 bits per heavy atom. The van der Waals surface area contributed by atoms with Gasteiger partial charge in [-0.1, -0.05) is 13.0 Å². The molecule has 1 atom stereocenters. The standard InChI is InChI=1S/C15H20FN3/c1-3-12(2)18-7-9-19(10-8-18)15-6-4-5-14(16)13(15)11-17/h4-6,12H,3,7-10H2,1-2H3. The second kappa shape index (κ2) is 6.03. The summed E-state index contributed by atoms with van der Waals surface area (Å²) in [5.74, 6) is -0.427. The van der Waals surface area contributed by atoms with Crippen LogP contribution in [0.25, 0.3) is 0 Å². The predicted octanol–water partition coefficient (Wildman–Crippen LogP) is 2.62. The van der Waals surface area contributed by atoms with Crippen LogP contribution in [0.3, 0.4) is 0 Å².